The molecule has 0 atom stereocenters. The molecule has 0 fully saturated rings. The molecule has 3 nitrogen and oxygen atoms in total. The zero-order chi connectivity index (χ0) is 15.5. The van der Waals surface area contributed by atoms with Crippen LogP contribution in [0.4, 0.5) is 5.13 Å². The maximum Gasteiger partial charge on any atom is 0.257 e. The fraction of sp³-hybridized carbons (Fsp3) is 0.0667. The second-order valence-corrected chi connectivity index (χ2v) is 7.78. The molecule has 2 heterocycles. The molecule has 0 bridgehead atoms. The fourth-order valence-corrected chi connectivity index (χ4v) is 4.00. The van der Waals surface area contributed by atoms with Crippen LogP contribution in [0.3, 0.4) is 0 Å². The van der Waals surface area contributed by atoms with Gasteiger partial charge in [-0.3, -0.25) is 10.1 Å². The third-order valence-electron chi connectivity index (χ3n) is 2.90. The van der Waals surface area contributed by atoms with E-state index in [4.69, 9.17) is 11.6 Å². The number of thiophene rings is 1. The topological polar surface area (TPSA) is 42.0 Å². The van der Waals surface area contributed by atoms with Crippen molar-refractivity contribution in [1.82, 2.24) is 4.98 Å². The molecule has 0 aliphatic carbocycles. The van der Waals surface area contributed by atoms with Crippen molar-refractivity contribution >= 4 is 57.1 Å². The first-order chi connectivity index (χ1) is 10.7. The third-order valence-corrected chi connectivity index (χ3v) is 5.66. The number of amides is 1. The highest BCUT2D eigenvalue weighted by Gasteiger charge is 2.11. The summed E-state index contributed by atoms with van der Waals surface area (Å²) in [4.78, 5) is 18.7. The highest BCUT2D eigenvalue weighted by atomic mass is 35.5. The number of hydrogen-bond acceptors (Lipinski definition) is 5. The molecule has 22 heavy (non-hydrogen) atoms. The predicted molar refractivity (Wildman–Crippen MR) is 96.6 cm³/mol. The number of nitrogens with zero attached hydrogens (tertiary/aromatic N) is 1. The summed E-state index contributed by atoms with van der Waals surface area (Å²) in [7, 11) is 0. The maximum atomic E-state index is 12.2. The van der Waals surface area contributed by atoms with Crippen molar-refractivity contribution in [2.24, 2.45) is 0 Å². The molecule has 0 aliphatic rings. The Morgan fingerprint density at radius 1 is 1.23 bits per heavy atom. The largest absolute Gasteiger partial charge is 0.298 e. The molecule has 0 saturated carbocycles. The van der Waals surface area contributed by atoms with Crippen LogP contribution >= 0.6 is 46.0 Å². The minimum absolute atomic E-state index is 0.155. The van der Waals surface area contributed by atoms with Crippen LogP contribution in [0.25, 0.3) is 10.6 Å². The normalized spacial score (nSPS) is 10.6. The molecule has 2 aromatic heterocycles. The molecule has 7 heteroatoms. The molecule has 1 amide bonds. The molecule has 3 aromatic rings. The van der Waals surface area contributed by atoms with Gasteiger partial charge in [-0.1, -0.05) is 11.6 Å². The van der Waals surface area contributed by atoms with Crippen molar-refractivity contribution in [3.63, 3.8) is 0 Å². The molecule has 0 saturated heterocycles. The Morgan fingerprint density at radius 3 is 2.64 bits per heavy atom. The summed E-state index contributed by atoms with van der Waals surface area (Å²) in [6, 6.07) is 11.3. The van der Waals surface area contributed by atoms with E-state index in [9.17, 15) is 4.79 Å². The van der Waals surface area contributed by atoms with Crippen molar-refractivity contribution in [2.45, 2.75) is 4.90 Å². The van der Waals surface area contributed by atoms with Crippen LogP contribution < -0.4 is 5.32 Å². The van der Waals surface area contributed by atoms with Crippen LogP contribution in [0.1, 0.15) is 10.4 Å². The second-order valence-electron chi connectivity index (χ2n) is 4.32. The summed E-state index contributed by atoms with van der Waals surface area (Å²) in [5, 5.41) is 5.32. The van der Waals surface area contributed by atoms with Crippen molar-refractivity contribution in [3.05, 3.63) is 51.7 Å². The molecular weight excluding hydrogens is 356 g/mol. The minimum atomic E-state index is -0.155. The van der Waals surface area contributed by atoms with Gasteiger partial charge < -0.3 is 0 Å². The summed E-state index contributed by atoms with van der Waals surface area (Å²) in [5.74, 6) is -0.155. The van der Waals surface area contributed by atoms with E-state index in [-0.39, 0.29) is 5.91 Å². The van der Waals surface area contributed by atoms with Gasteiger partial charge in [0.05, 0.1) is 14.9 Å². The van der Waals surface area contributed by atoms with E-state index in [2.05, 4.69) is 10.3 Å². The van der Waals surface area contributed by atoms with Crippen molar-refractivity contribution in [2.75, 3.05) is 11.6 Å². The summed E-state index contributed by atoms with van der Waals surface area (Å²) in [5.41, 5.74) is 1.45. The van der Waals surface area contributed by atoms with Gasteiger partial charge in [-0.25, -0.2) is 4.98 Å². The number of halogens is 1. The van der Waals surface area contributed by atoms with E-state index in [1.54, 1.807) is 11.8 Å². The monoisotopic (exact) mass is 366 g/mol. The average molecular weight is 367 g/mol. The first kappa shape index (κ1) is 15.6. The van der Waals surface area contributed by atoms with E-state index in [1.807, 2.05) is 48.0 Å². The van der Waals surface area contributed by atoms with Crippen LogP contribution in [0, 0.1) is 0 Å². The lowest BCUT2D eigenvalue weighted by molar-refractivity contribution is 0.102. The second kappa shape index (κ2) is 6.83. The number of anilines is 1. The molecule has 1 N–H and O–H groups in total. The van der Waals surface area contributed by atoms with E-state index in [1.165, 1.54) is 22.7 Å². The lowest BCUT2D eigenvalue weighted by Gasteiger charge is -2.02. The van der Waals surface area contributed by atoms with Crippen LogP contribution in [-0.2, 0) is 0 Å². The van der Waals surface area contributed by atoms with Gasteiger partial charge in [0.15, 0.2) is 5.13 Å². The Morgan fingerprint density at radius 2 is 2.00 bits per heavy atom. The number of thiazole rings is 1. The number of carbonyl (C=O) groups excluding carboxylic acids is 1. The van der Waals surface area contributed by atoms with E-state index in [0.29, 0.717) is 10.7 Å². The quantitative estimate of drug-likeness (QED) is 0.620. The highest BCUT2D eigenvalue weighted by Crippen LogP contribution is 2.32. The van der Waals surface area contributed by atoms with Gasteiger partial charge in [0.1, 0.15) is 0 Å². The van der Waals surface area contributed by atoms with E-state index >= 15 is 0 Å². The van der Waals surface area contributed by atoms with Crippen molar-refractivity contribution < 1.29 is 4.79 Å². The van der Waals surface area contributed by atoms with Crippen molar-refractivity contribution in [3.8, 4) is 10.6 Å². The zero-order valence-electron chi connectivity index (χ0n) is 11.5. The minimum Gasteiger partial charge on any atom is -0.298 e. The smallest absolute Gasteiger partial charge is 0.257 e. The molecule has 112 valence electrons. The molecular formula is C15H11ClN2OS3. The van der Waals surface area contributed by atoms with Gasteiger partial charge in [0.25, 0.3) is 5.91 Å². The Hall–Kier alpha value is -1.34. The molecule has 0 spiro atoms. The number of rotatable bonds is 4. The summed E-state index contributed by atoms with van der Waals surface area (Å²) >= 11 is 10.4. The zero-order valence-corrected chi connectivity index (χ0v) is 14.7. The Labute approximate surface area is 145 Å². The predicted octanol–water partition coefficient (Wildman–Crippen LogP) is 5.50. The number of thioether (sulfide) groups is 1. The lowest BCUT2D eigenvalue weighted by Crippen LogP contribution is -2.11. The Bertz CT molecular complexity index is 795. The van der Waals surface area contributed by atoms with Crippen LogP contribution in [0.5, 0.6) is 0 Å². The highest BCUT2D eigenvalue weighted by molar-refractivity contribution is 7.98. The fourth-order valence-electron chi connectivity index (χ4n) is 1.81. The number of benzene rings is 1. The molecule has 1 aromatic carbocycles. The maximum absolute atomic E-state index is 12.2. The number of aromatic nitrogens is 1. The molecule has 0 aliphatic heterocycles. The molecule has 0 radical (unpaired) electrons. The number of carbonyl (C=O) groups is 1. The Balaban J connectivity index is 1.72. The van der Waals surface area contributed by atoms with Crippen LogP contribution in [-0.4, -0.2) is 17.1 Å². The molecule has 3 rings (SSSR count). The first-order valence-corrected chi connectivity index (χ1v) is 9.62. The Kier molecular flexibility index (Phi) is 4.83. The lowest BCUT2D eigenvalue weighted by atomic mass is 10.2. The van der Waals surface area contributed by atoms with E-state index in [0.717, 1.165) is 19.8 Å². The van der Waals surface area contributed by atoms with Gasteiger partial charge >= 0.3 is 0 Å². The van der Waals surface area contributed by atoms with Gasteiger partial charge in [-0.15, -0.1) is 34.4 Å². The average Bonchev–Trinajstić information content (AvgIpc) is 3.16. The third kappa shape index (κ3) is 3.52. The number of hydrogen-bond donors (Lipinski definition) is 1. The van der Waals surface area contributed by atoms with Crippen LogP contribution in [0.2, 0.25) is 4.34 Å². The van der Waals surface area contributed by atoms with Gasteiger partial charge in [-0.2, -0.15) is 0 Å². The van der Waals surface area contributed by atoms with Crippen molar-refractivity contribution in [1.29, 1.82) is 0 Å². The van der Waals surface area contributed by atoms with E-state index < -0.39 is 0 Å². The summed E-state index contributed by atoms with van der Waals surface area (Å²) < 4.78 is 0.725. The van der Waals surface area contributed by atoms with Gasteiger partial charge in [0.2, 0.25) is 0 Å². The standard InChI is InChI=1S/C15H11ClN2OS3/c1-20-10-4-2-9(3-5-10)14(19)18-15-17-11(8-21-15)12-6-7-13(16)22-12/h2-8H,1H3,(H,17,18,19). The van der Waals surface area contributed by atoms with Gasteiger partial charge in [-0.05, 0) is 42.7 Å². The first-order valence-electron chi connectivity index (χ1n) is 6.32. The summed E-state index contributed by atoms with van der Waals surface area (Å²) in [6.45, 7) is 0. The molecule has 0 unspecified atom stereocenters. The SMILES string of the molecule is CSc1ccc(C(=O)Nc2nc(-c3ccc(Cl)s3)cs2)cc1. The van der Waals surface area contributed by atoms with Crippen LogP contribution in [0.15, 0.2) is 46.7 Å². The van der Waals surface area contributed by atoms with Gasteiger partial charge in [0, 0.05) is 15.8 Å². The summed E-state index contributed by atoms with van der Waals surface area (Å²) in [6.07, 6.45) is 2.00. The number of nitrogens with one attached hydrogen (secondary N) is 1.